The van der Waals surface area contributed by atoms with Gasteiger partial charge < -0.3 is 9.64 Å². The Morgan fingerprint density at radius 2 is 1.95 bits per heavy atom. The number of halogens is 1. The van der Waals surface area contributed by atoms with Gasteiger partial charge in [-0.3, -0.25) is 9.59 Å². The summed E-state index contributed by atoms with van der Waals surface area (Å²) in [6.07, 6.45) is 3.99. The quantitative estimate of drug-likeness (QED) is 0.591. The molecule has 0 fully saturated rings. The van der Waals surface area contributed by atoms with Crippen LogP contribution in [0.5, 0.6) is 0 Å². The summed E-state index contributed by atoms with van der Waals surface area (Å²) in [5.74, 6) is -0.607. The first kappa shape index (κ1) is 16.4. The lowest BCUT2D eigenvalue weighted by Crippen LogP contribution is -2.35. The van der Waals surface area contributed by atoms with Gasteiger partial charge in [-0.05, 0) is 30.2 Å². The number of carbonyl (C=O) groups excluding carboxylic acids is 2. The molecule has 5 heteroatoms. The van der Waals surface area contributed by atoms with E-state index in [0.717, 1.165) is 16.5 Å². The van der Waals surface area contributed by atoms with Crippen LogP contribution in [0.4, 0.5) is 0 Å². The summed E-state index contributed by atoms with van der Waals surface area (Å²) in [5, 5.41) is 0. The van der Waals surface area contributed by atoms with Gasteiger partial charge in [0.1, 0.15) is 6.54 Å². The molecule has 1 rings (SSSR count). The van der Waals surface area contributed by atoms with E-state index in [4.69, 9.17) is 0 Å². The Morgan fingerprint density at radius 3 is 2.50 bits per heavy atom. The van der Waals surface area contributed by atoms with Crippen molar-refractivity contribution in [3.8, 4) is 0 Å². The van der Waals surface area contributed by atoms with E-state index in [-0.39, 0.29) is 12.5 Å². The predicted octanol–water partition coefficient (Wildman–Crippen LogP) is 2.87. The van der Waals surface area contributed by atoms with Crippen LogP contribution in [0.15, 0.2) is 34.8 Å². The zero-order valence-corrected chi connectivity index (χ0v) is 13.2. The van der Waals surface area contributed by atoms with Crippen molar-refractivity contribution in [1.29, 1.82) is 0 Å². The van der Waals surface area contributed by atoms with Crippen molar-refractivity contribution in [3.05, 3.63) is 40.4 Å². The maximum atomic E-state index is 12.0. The number of esters is 1. The van der Waals surface area contributed by atoms with E-state index >= 15 is 0 Å². The Hall–Kier alpha value is -1.62. The Bertz CT molecular complexity index is 482. The molecule has 0 N–H and O–H groups in total. The molecule has 4 nitrogen and oxygen atoms in total. The number of methoxy groups -OCH3 is 1. The Labute approximate surface area is 127 Å². The molecule has 0 aliphatic rings. The zero-order chi connectivity index (χ0) is 15.0. The van der Waals surface area contributed by atoms with Crippen LogP contribution in [0, 0.1) is 0 Å². The second kappa shape index (κ2) is 8.53. The minimum Gasteiger partial charge on any atom is -0.468 e. The van der Waals surface area contributed by atoms with Crippen molar-refractivity contribution in [2.75, 3.05) is 20.2 Å². The van der Waals surface area contributed by atoms with Crippen LogP contribution in [0.1, 0.15) is 18.9 Å². The molecule has 0 spiro atoms. The van der Waals surface area contributed by atoms with Crippen molar-refractivity contribution in [2.24, 2.45) is 0 Å². The van der Waals surface area contributed by atoms with Gasteiger partial charge in [-0.15, -0.1) is 0 Å². The molecule has 1 aromatic carbocycles. The summed E-state index contributed by atoms with van der Waals surface area (Å²) < 4.78 is 5.58. The Balaban J connectivity index is 2.69. The molecular formula is C15H18BrNO3. The minimum atomic E-state index is -0.413. The second-order valence-electron chi connectivity index (χ2n) is 4.22. The summed E-state index contributed by atoms with van der Waals surface area (Å²) in [4.78, 5) is 24.8. The van der Waals surface area contributed by atoms with E-state index < -0.39 is 5.97 Å². The molecule has 1 aromatic rings. The predicted molar refractivity (Wildman–Crippen MR) is 82.1 cm³/mol. The minimum absolute atomic E-state index is 0.0200. The zero-order valence-electron chi connectivity index (χ0n) is 11.6. The van der Waals surface area contributed by atoms with Crippen molar-refractivity contribution in [2.45, 2.75) is 13.3 Å². The van der Waals surface area contributed by atoms with Crippen LogP contribution in [0.25, 0.3) is 6.08 Å². The fourth-order valence-corrected chi connectivity index (χ4v) is 1.87. The number of carbonyl (C=O) groups is 2. The van der Waals surface area contributed by atoms with Crippen molar-refractivity contribution in [3.63, 3.8) is 0 Å². The van der Waals surface area contributed by atoms with Gasteiger partial charge in [0, 0.05) is 17.1 Å². The maximum absolute atomic E-state index is 12.0. The number of ether oxygens (including phenoxy) is 1. The van der Waals surface area contributed by atoms with Gasteiger partial charge in [0.2, 0.25) is 5.91 Å². The molecule has 0 bridgehead atoms. The SMILES string of the molecule is CCCN(CC(=O)OC)C(=O)C=Cc1ccc(Br)cc1. The van der Waals surface area contributed by atoms with E-state index in [1.807, 2.05) is 31.2 Å². The topological polar surface area (TPSA) is 46.6 Å². The summed E-state index contributed by atoms with van der Waals surface area (Å²) >= 11 is 3.35. The van der Waals surface area contributed by atoms with E-state index in [9.17, 15) is 9.59 Å². The first-order valence-electron chi connectivity index (χ1n) is 6.36. The Kier molecular flexibility index (Phi) is 7.01. The molecular weight excluding hydrogens is 322 g/mol. The summed E-state index contributed by atoms with van der Waals surface area (Å²) in [5.41, 5.74) is 0.927. The van der Waals surface area contributed by atoms with Crippen LogP contribution in [-0.2, 0) is 14.3 Å². The van der Waals surface area contributed by atoms with Gasteiger partial charge >= 0.3 is 5.97 Å². The van der Waals surface area contributed by atoms with Crippen molar-refractivity contribution < 1.29 is 14.3 Å². The maximum Gasteiger partial charge on any atom is 0.325 e. The molecule has 1 amide bonds. The van der Waals surface area contributed by atoms with Crippen molar-refractivity contribution >= 4 is 33.9 Å². The largest absolute Gasteiger partial charge is 0.468 e. The third kappa shape index (κ3) is 5.57. The first-order valence-corrected chi connectivity index (χ1v) is 7.15. The summed E-state index contributed by atoms with van der Waals surface area (Å²) in [6, 6.07) is 7.61. The number of amides is 1. The van der Waals surface area contributed by atoms with E-state index in [0.29, 0.717) is 6.54 Å². The van der Waals surface area contributed by atoms with E-state index in [1.54, 1.807) is 6.08 Å². The molecule has 108 valence electrons. The number of nitrogens with zero attached hydrogens (tertiary/aromatic N) is 1. The highest BCUT2D eigenvalue weighted by Gasteiger charge is 2.14. The molecule has 0 saturated carbocycles. The molecule has 0 radical (unpaired) electrons. The molecule has 20 heavy (non-hydrogen) atoms. The number of hydrogen-bond acceptors (Lipinski definition) is 3. The monoisotopic (exact) mass is 339 g/mol. The number of rotatable bonds is 6. The number of benzene rings is 1. The molecule has 0 aliphatic carbocycles. The van der Waals surface area contributed by atoms with Gasteiger partial charge in [0.05, 0.1) is 7.11 Å². The molecule has 0 atom stereocenters. The van der Waals surface area contributed by atoms with E-state index in [1.165, 1.54) is 18.1 Å². The fraction of sp³-hybridized carbons (Fsp3) is 0.333. The molecule has 0 aliphatic heterocycles. The van der Waals surface area contributed by atoms with Crippen LogP contribution in [0.3, 0.4) is 0 Å². The first-order chi connectivity index (χ1) is 9.56. The fourth-order valence-electron chi connectivity index (χ4n) is 1.60. The Morgan fingerprint density at radius 1 is 1.30 bits per heavy atom. The lowest BCUT2D eigenvalue weighted by atomic mass is 10.2. The van der Waals surface area contributed by atoms with Crippen LogP contribution in [0.2, 0.25) is 0 Å². The van der Waals surface area contributed by atoms with Crippen LogP contribution in [-0.4, -0.2) is 37.0 Å². The van der Waals surface area contributed by atoms with Crippen LogP contribution < -0.4 is 0 Å². The number of hydrogen-bond donors (Lipinski definition) is 0. The van der Waals surface area contributed by atoms with Gasteiger partial charge in [-0.2, -0.15) is 0 Å². The van der Waals surface area contributed by atoms with Crippen LogP contribution >= 0.6 is 15.9 Å². The van der Waals surface area contributed by atoms with Gasteiger partial charge in [-0.1, -0.05) is 35.0 Å². The van der Waals surface area contributed by atoms with Gasteiger partial charge in [-0.25, -0.2) is 0 Å². The summed E-state index contributed by atoms with van der Waals surface area (Å²) in [6.45, 7) is 2.46. The average molecular weight is 340 g/mol. The molecule has 0 aromatic heterocycles. The van der Waals surface area contributed by atoms with Gasteiger partial charge in [0.15, 0.2) is 0 Å². The molecule has 0 unspecified atom stereocenters. The summed E-state index contributed by atoms with van der Waals surface area (Å²) in [7, 11) is 1.31. The third-order valence-electron chi connectivity index (χ3n) is 2.64. The van der Waals surface area contributed by atoms with Gasteiger partial charge in [0.25, 0.3) is 0 Å². The van der Waals surface area contributed by atoms with E-state index in [2.05, 4.69) is 20.7 Å². The lowest BCUT2D eigenvalue weighted by Gasteiger charge is -2.18. The second-order valence-corrected chi connectivity index (χ2v) is 5.14. The third-order valence-corrected chi connectivity index (χ3v) is 3.17. The smallest absolute Gasteiger partial charge is 0.325 e. The normalized spacial score (nSPS) is 10.6. The van der Waals surface area contributed by atoms with Crippen molar-refractivity contribution in [1.82, 2.24) is 4.90 Å². The highest BCUT2D eigenvalue weighted by molar-refractivity contribution is 9.10. The standard InChI is InChI=1S/C15H18BrNO3/c1-3-10-17(11-15(19)20-2)14(18)9-6-12-4-7-13(16)8-5-12/h4-9H,3,10-11H2,1-2H3. The lowest BCUT2D eigenvalue weighted by molar-refractivity contribution is -0.145. The average Bonchev–Trinajstić information content (AvgIpc) is 2.45. The molecule has 0 saturated heterocycles. The highest BCUT2D eigenvalue weighted by Crippen LogP contribution is 2.11. The highest BCUT2D eigenvalue weighted by atomic mass is 79.9. The molecule has 0 heterocycles.